The molecule has 0 amide bonds. The van der Waals surface area contributed by atoms with Gasteiger partial charge in [-0.3, -0.25) is 20.4 Å². The average molecular weight is 598 g/mol. The second kappa shape index (κ2) is 11.8. The molecule has 41 heavy (non-hydrogen) atoms. The summed E-state index contributed by atoms with van der Waals surface area (Å²) >= 11 is 1.51. The predicted octanol–water partition coefficient (Wildman–Crippen LogP) is 4.20. The van der Waals surface area contributed by atoms with Crippen molar-refractivity contribution in [3.63, 3.8) is 0 Å². The lowest BCUT2D eigenvalue weighted by atomic mass is 9.98. The minimum absolute atomic E-state index is 0.133. The highest BCUT2D eigenvalue weighted by Crippen LogP contribution is 2.35. The standard InChI is InChI=1S/C26H34F3N7O4S/c1-5-6-16-11-17-19(34-9-10-36(18(30)13-34)22(31)26(27,28)29)32-24(33-20(17)41-16)35-8-7-15(12-35)21(37)39-14-40-23(38)25(2,3)4/h11,15,30-31H,5-10,12-14H2,1-4H3/t15-/m0/s1. The molecule has 2 aliphatic heterocycles. The van der Waals surface area contributed by atoms with Crippen LogP contribution in [0.4, 0.5) is 24.9 Å². The van der Waals surface area contributed by atoms with Crippen molar-refractivity contribution in [2.45, 2.75) is 53.1 Å². The van der Waals surface area contributed by atoms with E-state index < -0.39 is 42.1 Å². The normalized spacial score (nSPS) is 18.3. The van der Waals surface area contributed by atoms with Crippen molar-refractivity contribution in [3.8, 4) is 0 Å². The lowest BCUT2D eigenvalue weighted by molar-refractivity contribution is -0.175. The molecule has 2 aromatic heterocycles. The second-order valence-corrected chi connectivity index (χ2v) is 12.2. The Morgan fingerprint density at radius 2 is 1.85 bits per heavy atom. The monoisotopic (exact) mass is 597 g/mol. The number of nitrogens with one attached hydrogen (secondary N) is 2. The van der Waals surface area contributed by atoms with Crippen molar-refractivity contribution in [1.82, 2.24) is 14.9 Å². The van der Waals surface area contributed by atoms with Gasteiger partial charge in [0.2, 0.25) is 18.6 Å². The fourth-order valence-electron chi connectivity index (χ4n) is 4.59. The van der Waals surface area contributed by atoms with Crippen molar-refractivity contribution in [2.24, 2.45) is 11.3 Å². The predicted molar refractivity (Wildman–Crippen MR) is 149 cm³/mol. The molecule has 2 fully saturated rings. The Labute approximate surface area is 239 Å². The molecule has 15 heteroatoms. The van der Waals surface area contributed by atoms with Crippen LogP contribution in [-0.2, 0) is 25.5 Å². The number of piperazine rings is 1. The Hall–Kier alpha value is -3.49. The van der Waals surface area contributed by atoms with E-state index in [1.807, 2.05) is 11.0 Å². The van der Waals surface area contributed by atoms with Crippen molar-refractivity contribution < 1.29 is 32.2 Å². The van der Waals surface area contributed by atoms with Crippen LogP contribution in [0.2, 0.25) is 0 Å². The number of aryl methyl sites for hydroxylation is 1. The molecule has 0 saturated carbocycles. The molecule has 2 aromatic rings. The first kappa shape index (κ1) is 30.5. The third-order valence-electron chi connectivity index (χ3n) is 6.81. The van der Waals surface area contributed by atoms with E-state index in [4.69, 9.17) is 30.3 Å². The molecule has 2 aliphatic rings. The fraction of sp³-hybridized carbons (Fsp3) is 0.615. The summed E-state index contributed by atoms with van der Waals surface area (Å²) in [5, 5.41) is 16.4. The number of carbonyl (C=O) groups excluding carboxylic acids is 2. The number of fused-ring (bicyclic) bond motifs is 1. The smallest absolute Gasteiger partial charge is 0.428 e. The van der Waals surface area contributed by atoms with Crippen LogP contribution in [0, 0.1) is 22.2 Å². The van der Waals surface area contributed by atoms with E-state index in [1.54, 1.807) is 25.7 Å². The molecule has 1 atom stereocenters. The minimum Gasteiger partial charge on any atom is -0.428 e. The van der Waals surface area contributed by atoms with Crippen molar-refractivity contribution in [2.75, 3.05) is 49.3 Å². The van der Waals surface area contributed by atoms with Gasteiger partial charge in [0.05, 0.1) is 23.3 Å². The largest absolute Gasteiger partial charge is 0.449 e. The van der Waals surface area contributed by atoms with Crippen LogP contribution in [0.25, 0.3) is 10.2 Å². The Morgan fingerprint density at radius 3 is 2.49 bits per heavy atom. The van der Waals surface area contributed by atoms with E-state index in [1.165, 1.54) is 11.3 Å². The van der Waals surface area contributed by atoms with E-state index in [0.717, 1.165) is 23.1 Å². The van der Waals surface area contributed by atoms with Gasteiger partial charge in [0.15, 0.2) is 0 Å². The molecule has 2 saturated heterocycles. The summed E-state index contributed by atoms with van der Waals surface area (Å²) in [6, 6.07) is 1.99. The third-order valence-corrected chi connectivity index (χ3v) is 7.90. The molecule has 2 N–H and O–H groups in total. The molecule has 0 aromatic carbocycles. The van der Waals surface area contributed by atoms with Gasteiger partial charge in [-0.1, -0.05) is 13.3 Å². The number of anilines is 2. The van der Waals surface area contributed by atoms with Crippen molar-refractivity contribution in [1.29, 1.82) is 10.8 Å². The summed E-state index contributed by atoms with van der Waals surface area (Å²) in [5.74, 6) is -2.46. The maximum absolute atomic E-state index is 13.1. The third kappa shape index (κ3) is 6.88. The van der Waals surface area contributed by atoms with E-state index >= 15 is 0 Å². The number of carbonyl (C=O) groups is 2. The summed E-state index contributed by atoms with van der Waals surface area (Å²) in [7, 11) is 0. The SMILES string of the molecule is CCCc1cc2c(N3CCN(C(=N)C(F)(F)F)C(=N)C3)nc(N3CC[C@H](C(=O)OCOC(=O)C(C)(C)C)C3)nc2s1. The first-order chi connectivity index (χ1) is 19.2. The van der Waals surface area contributed by atoms with Gasteiger partial charge in [-0.15, -0.1) is 11.3 Å². The van der Waals surface area contributed by atoms with Crippen LogP contribution in [0.15, 0.2) is 6.07 Å². The maximum atomic E-state index is 13.1. The van der Waals surface area contributed by atoms with Crippen LogP contribution in [-0.4, -0.2) is 84.2 Å². The highest BCUT2D eigenvalue weighted by Gasteiger charge is 2.42. The number of thiophene rings is 1. The second-order valence-electron chi connectivity index (χ2n) is 11.1. The summed E-state index contributed by atoms with van der Waals surface area (Å²) in [4.78, 5) is 40.1. The molecular weight excluding hydrogens is 563 g/mol. The molecule has 0 bridgehead atoms. The number of rotatable bonds is 7. The summed E-state index contributed by atoms with van der Waals surface area (Å²) < 4.78 is 49.6. The van der Waals surface area contributed by atoms with Gasteiger partial charge in [-0.2, -0.15) is 18.2 Å². The van der Waals surface area contributed by atoms with Crippen LogP contribution >= 0.6 is 11.3 Å². The molecule has 4 heterocycles. The Bertz CT molecular complexity index is 1340. The number of esters is 2. The minimum atomic E-state index is -4.84. The highest BCUT2D eigenvalue weighted by atomic mass is 32.1. The summed E-state index contributed by atoms with van der Waals surface area (Å²) in [6.45, 7) is 7.27. The first-order valence-electron chi connectivity index (χ1n) is 13.3. The topological polar surface area (TPSA) is 136 Å². The molecule has 0 radical (unpaired) electrons. The molecule has 0 aliphatic carbocycles. The van der Waals surface area contributed by atoms with E-state index in [0.29, 0.717) is 34.5 Å². The number of alkyl halides is 3. The van der Waals surface area contributed by atoms with Crippen molar-refractivity contribution >= 4 is 56.9 Å². The zero-order valence-electron chi connectivity index (χ0n) is 23.4. The molecule has 4 rings (SSSR count). The van der Waals surface area contributed by atoms with Crippen LogP contribution in [0.3, 0.4) is 0 Å². The Balaban J connectivity index is 1.51. The van der Waals surface area contributed by atoms with Gasteiger partial charge in [-0.05, 0) is 39.7 Å². The van der Waals surface area contributed by atoms with E-state index in [-0.39, 0.29) is 32.0 Å². The number of ether oxygens (including phenoxy) is 2. The summed E-state index contributed by atoms with van der Waals surface area (Å²) in [5.41, 5.74) is -0.714. The lowest BCUT2D eigenvalue weighted by Crippen LogP contribution is -2.55. The van der Waals surface area contributed by atoms with Gasteiger partial charge < -0.3 is 24.2 Å². The molecule has 0 unspecified atom stereocenters. The van der Waals surface area contributed by atoms with Crippen molar-refractivity contribution in [3.05, 3.63) is 10.9 Å². The molecular formula is C26H34F3N7O4S. The van der Waals surface area contributed by atoms with Crippen LogP contribution < -0.4 is 9.80 Å². The average Bonchev–Trinajstić information content (AvgIpc) is 3.54. The first-order valence-corrected chi connectivity index (χ1v) is 14.2. The number of halogens is 3. The van der Waals surface area contributed by atoms with E-state index in [9.17, 15) is 22.8 Å². The van der Waals surface area contributed by atoms with Gasteiger partial charge in [0.1, 0.15) is 16.5 Å². The zero-order chi connectivity index (χ0) is 30.1. The number of aromatic nitrogens is 2. The quantitative estimate of drug-likeness (QED) is 0.208. The highest BCUT2D eigenvalue weighted by molar-refractivity contribution is 7.18. The fourth-order valence-corrected chi connectivity index (χ4v) is 5.71. The number of amidine groups is 2. The van der Waals surface area contributed by atoms with Gasteiger partial charge in [0.25, 0.3) is 0 Å². The van der Waals surface area contributed by atoms with Crippen LogP contribution in [0.5, 0.6) is 0 Å². The van der Waals surface area contributed by atoms with Gasteiger partial charge in [-0.25, -0.2) is 4.98 Å². The number of hydrogen-bond donors (Lipinski definition) is 2. The maximum Gasteiger partial charge on any atom is 0.449 e. The van der Waals surface area contributed by atoms with Gasteiger partial charge in [0, 0.05) is 31.1 Å². The van der Waals surface area contributed by atoms with E-state index in [2.05, 4.69) is 6.92 Å². The molecule has 0 spiro atoms. The van der Waals surface area contributed by atoms with Gasteiger partial charge >= 0.3 is 18.1 Å². The molecule has 11 nitrogen and oxygen atoms in total. The zero-order valence-corrected chi connectivity index (χ0v) is 24.2. The molecule has 224 valence electrons. The Morgan fingerprint density at radius 1 is 1.12 bits per heavy atom. The number of hydrogen-bond acceptors (Lipinski definition) is 11. The summed E-state index contributed by atoms with van der Waals surface area (Å²) in [6.07, 6.45) is -2.60. The number of nitrogens with zero attached hydrogens (tertiary/aromatic N) is 5. The lowest BCUT2D eigenvalue weighted by Gasteiger charge is -2.37. The Kier molecular flexibility index (Phi) is 8.76. The van der Waals surface area contributed by atoms with Crippen LogP contribution in [0.1, 0.15) is 45.4 Å².